The molecular formula is C19H28ClO4-. The lowest BCUT2D eigenvalue weighted by molar-refractivity contribution is -0.162. The van der Waals surface area contributed by atoms with E-state index in [1.54, 1.807) is 0 Å². The molecule has 0 unspecified atom stereocenters. The van der Waals surface area contributed by atoms with E-state index in [0.717, 1.165) is 12.8 Å². The average molecular weight is 356 g/mol. The number of ether oxygens (including phenoxy) is 3. The summed E-state index contributed by atoms with van der Waals surface area (Å²) in [5.74, 6) is -0.278. The second kappa shape index (κ2) is 10.7. The molecule has 0 bridgehead atoms. The maximum atomic E-state index is 12.1. The van der Waals surface area contributed by atoms with Crippen LogP contribution in [-0.2, 0) is 25.4 Å². The minimum Gasteiger partial charge on any atom is -1.00 e. The molecule has 1 saturated heterocycles. The van der Waals surface area contributed by atoms with Crippen molar-refractivity contribution in [1.29, 1.82) is 0 Å². The zero-order chi connectivity index (χ0) is 16.7. The summed E-state index contributed by atoms with van der Waals surface area (Å²) in [6.45, 7) is 7.48. The van der Waals surface area contributed by atoms with Gasteiger partial charge in [-0.1, -0.05) is 37.3 Å². The van der Waals surface area contributed by atoms with Crippen molar-refractivity contribution in [3.63, 3.8) is 0 Å². The van der Waals surface area contributed by atoms with Crippen LogP contribution in [0.4, 0.5) is 0 Å². The molecule has 1 heterocycles. The van der Waals surface area contributed by atoms with E-state index in [9.17, 15) is 4.79 Å². The lowest BCUT2D eigenvalue weighted by Crippen LogP contribution is -3.00. The van der Waals surface area contributed by atoms with Crippen LogP contribution >= 0.6 is 0 Å². The number of benzene rings is 1. The normalized spacial score (nSPS) is 28.0. The largest absolute Gasteiger partial charge is 1.00 e. The van der Waals surface area contributed by atoms with Crippen molar-refractivity contribution < 1.29 is 31.4 Å². The van der Waals surface area contributed by atoms with Crippen molar-refractivity contribution in [3.05, 3.63) is 35.9 Å². The molecule has 0 amide bonds. The summed E-state index contributed by atoms with van der Waals surface area (Å²) in [5, 5.41) is 0. The van der Waals surface area contributed by atoms with Crippen molar-refractivity contribution in [2.24, 2.45) is 11.8 Å². The highest BCUT2D eigenvalue weighted by molar-refractivity contribution is 5.72. The third-order valence-electron chi connectivity index (χ3n) is 4.19. The van der Waals surface area contributed by atoms with Gasteiger partial charge < -0.3 is 26.6 Å². The van der Waals surface area contributed by atoms with Crippen molar-refractivity contribution >= 4 is 5.97 Å². The second-order valence-electron chi connectivity index (χ2n) is 6.37. The van der Waals surface area contributed by atoms with Gasteiger partial charge in [-0.15, -0.1) is 0 Å². The van der Waals surface area contributed by atoms with E-state index in [4.69, 9.17) is 14.2 Å². The molecule has 2 rings (SSSR count). The van der Waals surface area contributed by atoms with Gasteiger partial charge in [-0.05, 0) is 32.3 Å². The summed E-state index contributed by atoms with van der Waals surface area (Å²) >= 11 is 0. The van der Waals surface area contributed by atoms with E-state index < -0.39 is 0 Å². The molecule has 1 aromatic rings. The minimum atomic E-state index is -0.271. The van der Waals surface area contributed by atoms with Crippen molar-refractivity contribution in [2.45, 2.75) is 45.8 Å². The number of halogens is 1. The molecule has 24 heavy (non-hydrogen) atoms. The van der Waals surface area contributed by atoms with Gasteiger partial charge in [0.15, 0.2) is 0 Å². The summed E-state index contributed by atoms with van der Waals surface area (Å²) in [4.78, 5) is 12.1. The van der Waals surface area contributed by atoms with Gasteiger partial charge in [-0.3, -0.25) is 4.79 Å². The number of rotatable bonds is 5. The van der Waals surface area contributed by atoms with E-state index in [-0.39, 0.29) is 42.4 Å². The van der Waals surface area contributed by atoms with E-state index in [1.807, 2.05) is 32.0 Å². The molecule has 0 N–H and O–H groups in total. The van der Waals surface area contributed by atoms with Gasteiger partial charge in [0.05, 0.1) is 25.2 Å². The number of hydrogen-bond acceptors (Lipinski definition) is 4. The predicted octanol–water partition coefficient (Wildman–Crippen LogP) is 0.243. The van der Waals surface area contributed by atoms with Crippen LogP contribution < -0.4 is 12.4 Å². The first-order valence-electron chi connectivity index (χ1n) is 8.55. The first-order valence-corrected chi connectivity index (χ1v) is 8.55. The molecule has 1 aliphatic rings. The summed E-state index contributed by atoms with van der Waals surface area (Å²) in [6, 6.07) is 10.3. The van der Waals surface area contributed by atoms with Crippen LogP contribution in [0.1, 0.15) is 32.8 Å². The number of esters is 1. The Hall–Kier alpha value is -1.10. The van der Waals surface area contributed by atoms with E-state index in [0.29, 0.717) is 19.8 Å². The Kier molecular flexibility index (Phi) is 9.34. The Bertz CT molecular complexity index is 480. The molecule has 5 heteroatoms. The van der Waals surface area contributed by atoms with Crippen LogP contribution in [0.3, 0.4) is 0 Å². The van der Waals surface area contributed by atoms with E-state index in [1.165, 1.54) is 5.56 Å². The van der Waals surface area contributed by atoms with Gasteiger partial charge in [-0.25, -0.2) is 0 Å². The van der Waals surface area contributed by atoms with Gasteiger partial charge in [0.25, 0.3) is 0 Å². The average Bonchev–Trinajstić information content (AvgIpc) is 2.59. The number of carbonyl (C=O) groups is 1. The highest BCUT2D eigenvalue weighted by atomic mass is 35.5. The van der Waals surface area contributed by atoms with E-state index in [2.05, 4.69) is 19.1 Å². The SMILES string of the molecule is CCCO[C@@H]1[C@@H](Cc2ccccc2)COC[C@H](C)C(=O)O[C@H]1C.[Cl-]. The third kappa shape index (κ3) is 6.08. The number of hydrogen-bond donors (Lipinski definition) is 0. The second-order valence-corrected chi connectivity index (χ2v) is 6.37. The number of carbonyl (C=O) groups excluding carboxylic acids is 1. The van der Waals surface area contributed by atoms with Gasteiger partial charge in [-0.2, -0.15) is 0 Å². The molecule has 4 atom stereocenters. The summed E-state index contributed by atoms with van der Waals surface area (Å²) in [5.41, 5.74) is 1.25. The highest BCUT2D eigenvalue weighted by Crippen LogP contribution is 2.23. The zero-order valence-corrected chi connectivity index (χ0v) is 15.5. The van der Waals surface area contributed by atoms with E-state index >= 15 is 0 Å². The van der Waals surface area contributed by atoms with Gasteiger partial charge in [0.1, 0.15) is 6.10 Å². The quantitative estimate of drug-likeness (QED) is 0.710. The minimum absolute atomic E-state index is 0. The van der Waals surface area contributed by atoms with Crippen LogP contribution in [0.25, 0.3) is 0 Å². The Labute approximate surface area is 151 Å². The molecule has 1 aliphatic heterocycles. The fraction of sp³-hybridized carbons (Fsp3) is 0.632. The van der Waals surface area contributed by atoms with Crippen LogP contribution in [0, 0.1) is 11.8 Å². The van der Waals surface area contributed by atoms with Crippen LogP contribution in [0.5, 0.6) is 0 Å². The molecule has 0 aliphatic carbocycles. The molecule has 0 aromatic heterocycles. The Balaban J connectivity index is 0.00000288. The molecule has 1 aromatic carbocycles. The van der Waals surface area contributed by atoms with Crippen molar-refractivity contribution in [2.75, 3.05) is 19.8 Å². The first-order chi connectivity index (χ1) is 11.1. The molecule has 0 spiro atoms. The lowest BCUT2D eigenvalue weighted by atomic mass is 9.91. The monoisotopic (exact) mass is 355 g/mol. The molecule has 0 radical (unpaired) electrons. The summed E-state index contributed by atoms with van der Waals surface area (Å²) in [7, 11) is 0. The lowest BCUT2D eigenvalue weighted by Gasteiger charge is -2.30. The Morgan fingerprint density at radius 2 is 1.88 bits per heavy atom. The fourth-order valence-corrected chi connectivity index (χ4v) is 2.93. The van der Waals surface area contributed by atoms with Crippen LogP contribution in [0.2, 0.25) is 0 Å². The number of cyclic esters (lactones) is 1. The predicted molar refractivity (Wildman–Crippen MR) is 89.2 cm³/mol. The summed E-state index contributed by atoms with van der Waals surface area (Å²) < 4.78 is 17.5. The van der Waals surface area contributed by atoms with Gasteiger partial charge in [0.2, 0.25) is 0 Å². The molecule has 136 valence electrons. The van der Waals surface area contributed by atoms with Crippen molar-refractivity contribution in [1.82, 2.24) is 0 Å². The zero-order valence-electron chi connectivity index (χ0n) is 14.7. The molecule has 0 saturated carbocycles. The highest BCUT2D eigenvalue weighted by Gasteiger charge is 2.33. The van der Waals surface area contributed by atoms with Crippen LogP contribution in [0.15, 0.2) is 30.3 Å². The third-order valence-corrected chi connectivity index (χ3v) is 4.19. The smallest absolute Gasteiger partial charge is 0.311 e. The van der Waals surface area contributed by atoms with Crippen molar-refractivity contribution in [3.8, 4) is 0 Å². The Morgan fingerprint density at radius 3 is 2.54 bits per heavy atom. The molecule has 1 fully saturated rings. The summed E-state index contributed by atoms with van der Waals surface area (Å²) in [6.07, 6.45) is 1.37. The standard InChI is InChI=1S/C19H28O4.ClH/c1-4-10-22-18-15(3)23-19(20)14(2)12-21-13-17(18)11-16-8-6-5-7-9-16;/h5-9,14-15,17-18H,4,10-13H2,1-3H3;1H/p-1/t14-,15-,17-,18-;/m0./s1. The Morgan fingerprint density at radius 1 is 1.17 bits per heavy atom. The fourth-order valence-electron chi connectivity index (χ4n) is 2.93. The molecule has 4 nitrogen and oxygen atoms in total. The van der Waals surface area contributed by atoms with Crippen LogP contribution in [-0.4, -0.2) is 38.0 Å². The molecular weight excluding hydrogens is 328 g/mol. The van der Waals surface area contributed by atoms with Gasteiger partial charge >= 0.3 is 5.97 Å². The topological polar surface area (TPSA) is 44.8 Å². The maximum absolute atomic E-state index is 12.1. The maximum Gasteiger partial charge on any atom is 0.311 e. The van der Waals surface area contributed by atoms with Gasteiger partial charge in [0, 0.05) is 12.5 Å². The first kappa shape index (κ1) is 20.9.